The van der Waals surface area contributed by atoms with Crippen LogP contribution in [0.15, 0.2) is 167 Å². The Morgan fingerprint density at radius 2 is 1.18 bits per heavy atom. The molecule has 0 amide bonds. The Kier molecular flexibility index (Phi) is 5.78. The van der Waals surface area contributed by atoms with Gasteiger partial charge in [-0.1, -0.05) is 91.0 Å². The lowest BCUT2D eigenvalue weighted by Crippen LogP contribution is -2.09. The second-order valence-corrected chi connectivity index (χ2v) is 11.2. The van der Waals surface area contributed by atoms with Crippen LogP contribution in [0.2, 0.25) is 0 Å². The van der Waals surface area contributed by atoms with Gasteiger partial charge >= 0.3 is 0 Å². The highest BCUT2D eigenvalue weighted by Crippen LogP contribution is 2.41. The van der Waals surface area contributed by atoms with E-state index in [9.17, 15) is 0 Å². The van der Waals surface area contributed by atoms with Crippen molar-refractivity contribution in [2.75, 3.05) is 4.90 Å². The Labute approximate surface area is 259 Å². The first kappa shape index (κ1) is 25.4. The molecule has 2 aromatic heterocycles. The van der Waals surface area contributed by atoms with Crippen LogP contribution in [0.5, 0.6) is 0 Å². The van der Waals surface area contributed by atoms with Gasteiger partial charge in [0, 0.05) is 44.3 Å². The minimum atomic E-state index is 0.625. The van der Waals surface area contributed by atoms with Crippen molar-refractivity contribution >= 4 is 60.9 Å². The molecule has 45 heavy (non-hydrogen) atoms. The Balaban J connectivity index is 1.15. The molecule has 9 aromatic rings. The van der Waals surface area contributed by atoms with E-state index >= 15 is 0 Å². The third-order valence-electron chi connectivity index (χ3n) is 8.49. The molecule has 0 aliphatic rings. The van der Waals surface area contributed by atoms with E-state index in [4.69, 9.17) is 13.8 Å². The quantitative estimate of drug-likeness (QED) is 0.204. The number of oxazole rings is 1. The van der Waals surface area contributed by atoms with Crippen LogP contribution in [0.3, 0.4) is 0 Å². The molecule has 0 N–H and O–H groups in total. The van der Waals surface area contributed by atoms with Gasteiger partial charge in [0.2, 0.25) is 5.89 Å². The van der Waals surface area contributed by atoms with Gasteiger partial charge in [0.1, 0.15) is 16.7 Å². The van der Waals surface area contributed by atoms with Crippen molar-refractivity contribution in [2.24, 2.45) is 0 Å². The highest BCUT2D eigenvalue weighted by Gasteiger charge is 2.18. The van der Waals surface area contributed by atoms with E-state index in [0.717, 1.165) is 72.2 Å². The van der Waals surface area contributed by atoms with E-state index in [1.807, 2.05) is 48.5 Å². The number of furan rings is 1. The maximum absolute atomic E-state index is 6.41. The SMILES string of the molecule is c1ccc(-c2nc3cccc(-c4ccc(N(c5ccccc5)c5ccc6oc7c8ccccc8ccc7c6c5)cc4)c3o2)cc1. The van der Waals surface area contributed by atoms with Gasteiger partial charge < -0.3 is 13.7 Å². The highest BCUT2D eigenvalue weighted by atomic mass is 16.3. The van der Waals surface area contributed by atoms with Crippen molar-refractivity contribution in [3.05, 3.63) is 158 Å². The molecular formula is C41H26N2O2. The number of benzene rings is 7. The second-order valence-electron chi connectivity index (χ2n) is 11.2. The minimum absolute atomic E-state index is 0.625. The molecule has 0 saturated heterocycles. The molecular weight excluding hydrogens is 552 g/mol. The average Bonchev–Trinajstić information content (AvgIpc) is 3.72. The highest BCUT2D eigenvalue weighted by molar-refractivity contribution is 6.15. The van der Waals surface area contributed by atoms with Gasteiger partial charge in [0.05, 0.1) is 0 Å². The molecule has 2 heterocycles. The zero-order valence-corrected chi connectivity index (χ0v) is 24.2. The van der Waals surface area contributed by atoms with Crippen molar-refractivity contribution in [3.63, 3.8) is 0 Å². The van der Waals surface area contributed by atoms with Crippen LogP contribution in [0.4, 0.5) is 17.1 Å². The lowest BCUT2D eigenvalue weighted by atomic mass is 10.0. The minimum Gasteiger partial charge on any atom is -0.455 e. The summed E-state index contributed by atoms with van der Waals surface area (Å²) in [5.41, 5.74) is 9.66. The standard InChI is InChI=1S/C41H26N2O2/c1-3-11-29(12-4-1)41-42-37-17-9-16-34(40(37)45-41)28-18-21-31(22-19-28)43(30-13-5-2-6-14-30)32-23-25-38-36(26-32)35-24-20-27-10-7-8-15-33(27)39(35)44-38/h1-26H. The van der Waals surface area contributed by atoms with Crippen LogP contribution in [-0.4, -0.2) is 4.98 Å². The molecule has 0 fully saturated rings. The van der Waals surface area contributed by atoms with Crippen LogP contribution >= 0.6 is 0 Å². The van der Waals surface area contributed by atoms with Gasteiger partial charge in [-0.25, -0.2) is 4.98 Å². The molecule has 4 heteroatoms. The van der Waals surface area contributed by atoms with E-state index < -0.39 is 0 Å². The summed E-state index contributed by atoms with van der Waals surface area (Å²) in [6.45, 7) is 0. The van der Waals surface area contributed by atoms with Gasteiger partial charge in [-0.15, -0.1) is 0 Å². The molecule has 7 aromatic carbocycles. The third-order valence-corrected chi connectivity index (χ3v) is 8.49. The molecule has 0 saturated carbocycles. The van der Waals surface area contributed by atoms with Gasteiger partial charge in [0.15, 0.2) is 5.58 Å². The maximum atomic E-state index is 6.41. The topological polar surface area (TPSA) is 42.4 Å². The molecule has 4 nitrogen and oxygen atoms in total. The van der Waals surface area contributed by atoms with Gasteiger partial charge in [-0.05, 0) is 77.7 Å². The number of hydrogen-bond donors (Lipinski definition) is 0. The molecule has 0 radical (unpaired) electrons. The maximum Gasteiger partial charge on any atom is 0.227 e. The summed E-state index contributed by atoms with van der Waals surface area (Å²) in [6, 6.07) is 54.4. The lowest BCUT2D eigenvalue weighted by molar-refractivity contribution is 0.621. The van der Waals surface area contributed by atoms with Crippen LogP contribution in [0.1, 0.15) is 0 Å². The zero-order valence-electron chi connectivity index (χ0n) is 24.2. The van der Waals surface area contributed by atoms with E-state index in [1.165, 1.54) is 5.39 Å². The average molecular weight is 579 g/mol. The molecule has 9 rings (SSSR count). The first-order valence-electron chi connectivity index (χ1n) is 15.0. The normalized spacial score (nSPS) is 11.6. The Morgan fingerprint density at radius 3 is 2.02 bits per heavy atom. The summed E-state index contributed by atoms with van der Waals surface area (Å²) in [4.78, 5) is 7.05. The van der Waals surface area contributed by atoms with E-state index in [-0.39, 0.29) is 0 Å². The van der Waals surface area contributed by atoms with E-state index in [2.05, 4.69) is 114 Å². The van der Waals surface area contributed by atoms with Crippen LogP contribution in [0, 0.1) is 0 Å². The van der Waals surface area contributed by atoms with Crippen LogP contribution in [-0.2, 0) is 0 Å². The summed E-state index contributed by atoms with van der Waals surface area (Å²) < 4.78 is 12.7. The largest absolute Gasteiger partial charge is 0.455 e. The summed E-state index contributed by atoms with van der Waals surface area (Å²) in [7, 11) is 0. The molecule has 0 atom stereocenters. The Morgan fingerprint density at radius 1 is 0.444 bits per heavy atom. The zero-order chi connectivity index (χ0) is 29.7. The monoisotopic (exact) mass is 578 g/mol. The number of nitrogens with zero attached hydrogens (tertiary/aromatic N) is 2. The fourth-order valence-corrected chi connectivity index (χ4v) is 6.33. The summed E-state index contributed by atoms with van der Waals surface area (Å²) in [5, 5.41) is 4.51. The summed E-state index contributed by atoms with van der Waals surface area (Å²) in [6.07, 6.45) is 0. The number of fused-ring (bicyclic) bond motifs is 6. The molecule has 0 bridgehead atoms. The Hall–Kier alpha value is -6.13. The summed E-state index contributed by atoms with van der Waals surface area (Å²) in [5.74, 6) is 0.625. The second kappa shape index (κ2) is 10.2. The van der Waals surface area contributed by atoms with Crippen molar-refractivity contribution < 1.29 is 8.83 Å². The van der Waals surface area contributed by atoms with Crippen molar-refractivity contribution in [1.82, 2.24) is 4.98 Å². The number of rotatable bonds is 5. The van der Waals surface area contributed by atoms with Crippen molar-refractivity contribution in [3.8, 4) is 22.6 Å². The van der Waals surface area contributed by atoms with E-state index in [1.54, 1.807) is 0 Å². The van der Waals surface area contributed by atoms with Crippen LogP contribution in [0.25, 0.3) is 66.4 Å². The van der Waals surface area contributed by atoms with E-state index in [0.29, 0.717) is 5.89 Å². The fraction of sp³-hybridized carbons (Fsp3) is 0. The Bertz CT molecular complexity index is 2480. The van der Waals surface area contributed by atoms with Crippen molar-refractivity contribution in [2.45, 2.75) is 0 Å². The molecule has 0 aliphatic carbocycles. The van der Waals surface area contributed by atoms with Gasteiger partial charge in [-0.2, -0.15) is 0 Å². The smallest absolute Gasteiger partial charge is 0.227 e. The molecule has 0 unspecified atom stereocenters. The molecule has 0 aliphatic heterocycles. The first-order chi connectivity index (χ1) is 22.3. The van der Waals surface area contributed by atoms with Gasteiger partial charge in [0.25, 0.3) is 0 Å². The molecule has 0 spiro atoms. The number of para-hydroxylation sites is 2. The predicted octanol–water partition coefficient (Wildman–Crippen LogP) is 11.7. The summed E-state index contributed by atoms with van der Waals surface area (Å²) >= 11 is 0. The van der Waals surface area contributed by atoms with Crippen molar-refractivity contribution in [1.29, 1.82) is 0 Å². The molecule has 212 valence electrons. The lowest BCUT2D eigenvalue weighted by Gasteiger charge is -2.25. The van der Waals surface area contributed by atoms with Gasteiger partial charge in [-0.3, -0.25) is 0 Å². The number of aromatic nitrogens is 1. The third kappa shape index (κ3) is 4.27. The predicted molar refractivity (Wildman–Crippen MR) is 184 cm³/mol. The number of anilines is 3. The van der Waals surface area contributed by atoms with Crippen LogP contribution < -0.4 is 4.90 Å². The first-order valence-corrected chi connectivity index (χ1v) is 15.0. The number of hydrogen-bond acceptors (Lipinski definition) is 4. The fourth-order valence-electron chi connectivity index (χ4n) is 6.33.